The van der Waals surface area contributed by atoms with Crippen LogP contribution >= 0.6 is 0 Å². The number of likely N-dealkylation sites (tertiary alicyclic amines) is 1. The van der Waals surface area contributed by atoms with Gasteiger partial charge in [-0.25, -0.2) is 9.59 Å². The Bertz CT molecular complexity index is 608. The van der Waals surface area contributed by atoms with E-state index in [0.29, 0.717) is 38.6 Å². The summed E-state index contributed by atoms with van der Waals surface area (Å²) in [6.45, 7) is 8.76. The molecule has 3 rings (SSSR count). The van der Waals surface area contributed by atoms with Crippen LogP contribution < -0.4 is 5.32 Å². The monoisotopic (exact) mass is 331 g/mol. The summed E-state index contributed by atoms with van der Waals surface area (Å²) in [5.74, 6) is 0.298. The molecule has 0 unspecified atom stereocenters. The number of hydrogen-bond acceptors (Lipinski definition) is 3. The van der Waals surface area contributed by atoms with Crippen LogP contribution in [0.25, 0.3) is 0 Å². The normalized spacial score (nSPS) is 17.3. The van der Waals surface area contributed by atoms with Crippen LogP contribution in [0.1, 0.15) is 31.9 Å². The van der Waals surface area contributed by atoms with Gasteiger partial charge in [-0.05, 0) is 31.9 Å². The molecule has 0 saturated carbocycles. The summed E-state index contributed by atoms with van der Waals surface area (Å²) < 4.78 is 5.32. The van der Waals surface area contributed by atoms with Crippen molar-refractivity contribution in [3.05, 3.63) is 35.4 Å². The van der Waals surface area contributed by atoms with Gasteiger partial charge in [0.15, 0.2) is 0 Å². The summed E-state index contributed by atoms with van der Waals surface area (Å²) in [6, 6.07) is 8.09. The molecule has 1 saturated heterocycles. The highest BCUT2D eigenvalue weighted by Gasteiger charge is 2.34. The van der Waals surface area contributed by atoms with Crippen molar-refractivity contribution in [2.45, 2.75) is 39.5 Å². The van der Waals surface area contributed by atoms with Gasteiger partial charge < -0.3 is 19.9 Å². The second kappa shape index (κ2) is 6.34. The number of rotatable bonds is 2. The van der Waals surface area contributed by atoms with Crippen LogP contribution in [0.2, 0.25) is 0 Å². The van der Waals surface area contributed by atoms with E-state index in [9.17, 15) is 9.59 Å². The number of ether oxygens (including phenoxy) is 1. The molecule has 1 fully saturated rings. The smallest absolute Gasteiger partial charge is 0.410 e. The van der Waals surface area contributed by atoms with Gasteiger partial charge >= 0.3 is 12.1 Å². The van der Waals surface area contributed by atoms with Crippen molar-refractivity contribution in [1.82, 2.24) is 15.1 Å². The Kier molecular flexibility index (Phi) is 4.39. The lowest BCUT2D eigenvalue weighted by Gasteiger charge is -2.39. The zero-order chi connectivity index (χ0) is 17.3. The molecule has 0 aliphatic carbocycles. The van der Waals surface area contributed by atoms with E-state index in [4.69, 9.17) is 4.74 Å². The Morgan fingerprint density at radius 3 is 2.25 bits per heavy atom. The number of nitrogens with one attached hydrogen (secondary N) is 1. The highest BCUT2D eigenvalue weighted by molar-refractivity contribution is 5.75. The minimum Gasteiger partial charge on any atom is -0.444 e. The van der Waals surface area contributed by atoms with Crippen LogP contribution in [-0.4, -0.2) is 47.2 Å². The van der Waals surface area contributed by atoms with Crippen LogP contribution in [0.5, 0.6) is 0 Å². The molecule has 130 valence electrons. The maximum Gasteiger partial charge on any atom is 0.410 e. The first kappa shape index (κ1) is 16.6. The molecule has 0 spiro atoms. The van der Waals surface area contributed by atoms with Crippen molar-refractivity contribution >= 4 is 12.1 Å². The molecular formula is C18H25N3O3. The third kappa shape index (κ3) is 3.80. The minimum atomic E-state index is -0.471. The van der Waals surface area contributed by atoms with Crippen LogP contribution in [0, 0.1) is 5.92 Å². The van der Waals surface area contributed by atoms with Gasteiger partial charge in [0.05, 0.1) is 0 Å². The first-order valence-corrected chi connectivity index (χ1v) is 8.39. The van der Waals surface area contributed by atoms with E-state index >= 15 is 0 Å². The van der Waals surface area contributed by atoms with Crippen LogP contribution in [-0.2, 0) is 17.8 Å². The summed E-state index contributed by atoms with van der Waals surface area (Å²) in [5.41, 5.74) is 1.96. The summed E-state index contributed by atoms with van der Waals surface area (Å²) in [4.78, 5) is 27.6. The molecule has 0 atom stereocenters. The van der Waals surface area contributed by atoms with Gasteiger partial charge in [-0.2, -0.15) is 0 Å². The van der Waals surface area contributed by atoms with Gasteiger partial charge in [0.2, 0.25) is 0 Å². The Balaban J connectivity index is 1.38. The SMILES string of the molecule is CC(C)(C)OC(=O)N1CC(CNC(=O)N2Cc3ccccc3C2)C1. The molecule has 6 nitrogen and oxygen atoms in total. The molecular weight excluding hydrogens is 306 g/mol. The zero-order valence-corrected chi connectivity index (χ0v) is 14.5. The number of fused-ring (bicyclic) bond motifs is 1. The third-order valence-electron chi connectivity index (χ3n) is 4.28. The first-order chi connectivity index (χ1) is 11.3. The van der Waals surface area contributed by atoms with E-state index in [1.165, 1.54) is 11.1 Å². The second-order valence-electron chi connectivity index (χ2n) is 7.56. The number of urea groups is 1. The Morgan fingerprint density at radius 2 is 1.71 bits per heavy atom. The average Bonchev–Trinajstić information content (AvgIpc) is 2.87. The van der Waals surface area contributed by atoms with Gasteiger partial charge in [-0.15, -0.1) is 0 Å². The van der Waals surface area contributed by atoms with Gasteiger partial charge in [0.1, 0.15) is 5.60 Å². The Labute approximate surface area is 142 Å². The Morgan fingerprint density at radius 1 is 1.12 bits per heavy atom. The van der Waals surface area contributed by atoms with Crippen molar-refractivity contribution in [3.8, 4) is 0 Å². The standard InChI is InChI=1S/C18H25N3O3/c1-18(2,3)24-17(23)21-9-13(10-21)8-19-16(22)20-11-14-6-4-5-7-15(14)12-20/h4-7,13H,8-12H2,1-3H3,(H,19,22). The van der Waals surface area contributed by atoms with E-state index in [1.807, 2.05) is 37.8 Å². The molecule has 1 aromatic rings. The predicted molar refractivity (Wildman–Crippen MR) is 90.4 cm³/mol. The number of carbonyl (C=O) groups excluding carboxylic acids is 2. The zero-order valence-electron chi connectivity index (χ0n) is 14.5. The minimum absolute atomic E-state index is 0.0399. The van der Waals surface area contributed by atoms with Crippen LogP contribution in [0.3, 0.4) is 0 Å². The lowest BCUT2D eigenvalue weighted by Crippen LogP contribution is -2.55. The van der Waals surface area contributed by atoms with Crippen molar-refractivity contribution in [2.75, 3.05) is 19.6 Å². The summed E-state index contributed by atoms with van der Waals surface area (Å²) in [5, 5.41) is 2.98. The second-order valence-corrected chi connectivity index (χ2v) is 7.56. The van der Waals surface area contributed by atoms with Crippen LogP contribution in [0.15, 0.2) is 24.3 Å². The fourth-order valence-electron chi connectivity index (χ4n) is 2.99. The molecule has 2 aliphatic rings. The van der Waals surface area contributed by atoms with Crippen molar-refractivity contribution in [1.29, 1.82) is 0 Å². The molecule has 2 heterocycles. The molecule has 3 amide bonds. The molecule has 0 bridgehead atoms. The topological polar surface area (TPSA) is 61.9 Å². The largest absolute Gasteiger partial charge is 0.444 e. The predicted octanol–water partition coefficient (Wildman–Crippen LogP) is 2.58. The number of carbonyl (C=O) groups is 2. The van der Waals surface area contributed by atoms with Crippen molar-refractivity contribution in [2.24, 2.45) is 5.92 Å². The lowest BCUT2D eigenvalue weighted by atomic mass is 10.0. The van der Waals surface area contributed by atoms with E-state index in [0.717, 1.165) is 0 Å². The van der Waals surface area contributed by atoms with Gasteiger partial charge in [0.25, 0.3) is 0 Å². The summed E-state index contributed by atoms with van der Waals surface area (Å²) >= 11 is 0. The molecule has 2 aliphatic heterocycles. The fraction of sp³-hybridized carbons (Fsp3) is 0.556. The third-order valence-corrected chi connectivity index (χ3v) is 4.28. The summed E-state index contributed by atoms with van der Waals surface area (Å²) in [7, 11) is 0. The van der Waals surface area contributed by atoms with E-state index in [1.54, 1.807) is 4.90 Å². The number of amides is 3. The lowest BCUT2D eigenvalue weighted by molar-refractivity contribution is -0.000487. The van der Waals surface area contributed by atoms with Gasteiger partial charge in [0, 0.05) is 38.6 Å². The van der Waals surface area contributed by atoms with Crippen LogP contribution in [0.4, 0.5) is 9.59 Å². The van der Waals surface area contributed by atoms with E-state index in [-0.39, 0.29) is 12.1 Å². The van der Waals surface area contributed by atoms with Crippen molar-refractivity contribution in [3.63, 3.8) is 0 Å². The number of nitrogens with zero attached hydrogens (tertiary/aromatic N) is 2. The fourth-order valence-corrected chi connectivity index (χ4v) is 2.99. The van der Waals surface area contributed by atoms with Crippen molar-refractivity contribution < 1.29 is 14.3 Å². The van der Waals surface area contributed by atoms with E-state index in [2.05, 4.69) is 17.4 Å². The molecule has 1 N–H and O–H groups in total. The summed E-state index contributed by atoms with van der Waals surface area (Å²) in [6.07, 6.45) is -0.278. The quantitative estimate of drug-likeness (QED) is 0.906. The maximum atomic E-state index is 12.3. The Hall–Kier alpha value is -2.24. The maximum absolute atomic E-state index is 12.3. The highest BCUT2D eigenvalue weighted by atomic mass is 16.6. The van der Waals surface area contributed by atoms with Gasteiger partial charge in [-0.1, -0.05) is 24.3 Å². The molecule has 0 radical (unpaired) electrons. The molecule has 1 aromatic carbocycles. The number of hydrogen-bond donors (Lipinski definition) is 1. The molecule has 6 heteroatoms. The molecule has 0 aromatic heterocycles. The first-order valence-electron chi connectivity index (χ1n) is 8.39. The number of benzene rings is 1. The molecule has 24 heavy (non-hydrogen) atoms. The van der Waals surface area contributed by atoms with Gasteiger partial charge in [-0.3, -0.25) is 0 Å². The highest BCUT2D eigenvalue weighted by Crippen LogP contribution is 2.22. The van der Waals surface area contributed by atoms with E-state index < -0.39 is 5.60 Å². The average molecular weight is 331 g/mol.